The Kier molecular flexibility index (Phi) is 5.34. The highest BCUT2D eigenvalue weighted by Gasteiger charge is 2.30. The molecule has 0 aliphatic rings. The summed E-state index contributed by atoms with van der Waals surface area (Å²) >= 11 is 0. The fraction of sp³-hybridized carbons (Fsp3) is 0.294. The predicted molar refractivity (Wildman–Crippen MR) is 96.3 cm³/mol. The summed E-state index contributed by atoms with van der Waals surface area (Å²) in [4.78, 5) is 16.0. The quantitative estimate of drug-likeness (QED) is 0.612. The van der Waals surface area contributed by atoms with Gasteiger partial charge < -0.3 is 0 Å². The van der Waals surface area contributed by atoms with Crippen LogP contribution < -0.4 is 10.6 Å². The molecule has 8 nitrogen and oxygen atoms in total. The molecule has 0 spiro atoms. The number of hydrogen-bond acceptors (Lipinski definition) is 4. The number of carbonyl (C=O) groups excluding carboxylic acids is 1. The molecule has 11 heteroatoms. The molecule has 3 N–H and O–H groups in total. The molecule has 0 bridgehead atoms. The largest absolute Gasteiger partial charge is 0.417 e. The summed E-state index contributed by atoms with van der Waals surface area (Å²) in [5, 5.41) is 16.2. The minimum absolute atomic E-state index is 0.140. The van der Waals surface area contributed by atoms with Crippen molar-refractivity contribution < 1.29 is 18.0 Å². The molecule has 148 valence electrons. The van der Waals surface area contributed by atoms with E-state index in [4.69, 9.17) is 0 Å². The second-order valence-electron chi connectivity index (χ2n) is 6.09. The molecular formula is C17H18F3N7O. The highest BCUT2D eigenvalue weighted by molar-refractivity contribution is 5.98. The average molecular weight is 393 g/mol. The summed E-state index contributed by atoms with van der Waals surface area (Å²) < 4.78 is 39.3. The molecule has 0 atom stereocenters. The van der Waals surface area contributed by atoms with Gasteiger partial charge in [-0.25, -0.2) is 9.78 Å². The molecule has 2 amide bonds. The van der Waals surface area contributed by atoms with E-state index in [0.29, 0.717) is 11.5 Å². The first-order chi connectivity index (χ1) is 13.3. The van der Waals surface area contributed by atoms with Gasteiger partial charge in [0, 0.05) is 24.0 Å². The van der Waals surface area contributed by atoms with Gasteiger partial charge in [0.05, 0.1) is 11.3 Å². The molecule has 0 aliphatic heterocycles. The van der Waals surface area contributed by atoms with E-state index in [9.17, 15) is 18.0 Å². The molecule has 3 heterocycles. The minimum atomic E-state index is -4.48. The minimum Gasteiger partial charge on any atom is -0.292 e. The zero-order valence-electron chi connectivity index (χ0n) is 15.1. The number of anilines is 2. The zero-order valence-corrected chi connectivity index (χ0v) is 15.1. The number of nitrogens with one attached hydrogen (secondary N) is 3. The van der Waals surface area contributed by atoms with E-state index in [0.717, 1.165) is 30.8 Å². The number of aromatic nitrogens is 5. The highest BCUT2D eigenvalue weighted by Crippen LogP contribution is 2.29. The van der Waals surface area contributed by atoms with Crippen molar-refractivity contribution in [3.8, 4) is 5.82 Å². The molecule has 3 aromatic heterocycles. The van der Waals surface area contributed by atoms with Crippen molar-refractivity contribution >= 4 is 17.7 Å². The molecule has 3 rings (SSSR count). The number of nitrogens with zero attached hydrogens (tertiary/aromatic N) is 4. The molecule has 0 fully saturated rings. The van der Waals surface area contributed by atoms with E-state index in [2.05, 4.69) is 30.9 Å². The van der Waals surface area contributed by atoms with E-state index in [1.165, 1.54) is 10.7 Å². The van der Waals surface area contributed by atoms with Gasteiger partial charge in [-0.15, -0.1) is 0 Å². The van der Waals surface area contributed by atoms with Crippen molar-refractivity contribution in [1.29, 1.82) is 0 Å². The van der Waals surface area contributed by atoms with Gasteiger partial charge in [0.1, 0.15) is 5.82 Å². The molecule has 28 heavy (non-hydrogen) atoms. The van der Waals surface area contributed by atoms with Gasteiger partial charge >= 0.3 is 12.2 Å². The Labute approximate surface area is 158 Å². The van der Waals surface area contributed by atoms with Crippen molar-refractivity contribution in [3.05, 3.63) is 47.4 Å². The van der Waals surface area contributed by atoms with Crippen molar-refractivity contribution in [1.82, 2.24) is 25.0 Å². The number of pyridine rings is 1. The number of hydrogen-bond donors (Lipinski definition) is 3. The van der Waals surface area contributed by atoms with Crippen molar-refractivity contribution in [2.75, 3.05) is 10.6 Å². The third-order valence-electron chi connectivity index (χ3n) is 3.76. The topological polar surface area (TPSA) is 101 Å². The van der Waals surface area contributed by atoms with E-state index in [-0.39, 0.29) is 11.6 Å². The van der Waals surface area contributed by atoms with E-state index in [1.54, 1.807) is 19.1 Å². The number of urea groups is 1. The smallest absolute Gasteiger partial charge is 0.292 e. The van der Waals surface area contributed by atoms with Crippen LogP contribution in [-0.2, 0) is 12.6 Å². The molecule has 0 unspecified atom stereocenters. The van der Waals surface area contributed by atoms with Crippen molar-refractivity contribution in [3.63, 3.8) is 0 Å². The molecular weight excluding hydrogens is 375 g/mol. The number of amides is 2. The van der Waals surface area contributed by atoms with Crippen LogP contribution in [0.4, 0.5) is 29.6 Å². The van der Waals surface area contributed by atoms with Crippen LogP contribution in [-0.4, -0.2) is 31.0 Å². The van der Waals surface area contributed by atoms with Gasteiger partial charge in [0.25, 0.3) is 0 Å². The molecule has 0 aliphatic carbocycles. The Morgan fingerprint density at radius 3 is 2.68 bits per heavy atom. The summed E-state index contributed by atoms with van der Waals surface area (Å²) in [6, 6.07) is 4.82. The van der Waals surface area contributed by atoms with E-state index < -0.39 is 17.8 Å². The first-order valence-corrected chi connectivity index (χ1v) is 8.49. The van der Waals surface area contributed by atoms with Crippen molar-refractivity contribution in [2.24, 2.45) is 0 Å². The first-order valence-electron chi connectivity index (χ1n) is 8.49. The lowest BCUT2D eigenvalue weighted by Gasteiger charge is -2.10. The Bertz CT molecular complexity index is 960. The summed E-state index contributed by atoms with van der Waals surface area (Å²) in [5.41, 5.74) is 0.587. The maximum atomic E-state index is 12.7. The van der Waals surface area contributed by atoms with Gasteiger partial charge in [-0.3, -0.25) is 15.7 Å². The van der Waals surface area contributed by atoms with Gasteiger partial charge in [0.2, 0.25) is 0 Å². The molecule has 0 saturated heterocycles. The lowest BCUT2D eigenvalue weighted by Crippen LogP contribution is -2.21. The molecule has 3 aromatic rings. The van der Waals surface area contributed by atoms with Crippen LogP contribution >= 0.6 is 0 Å². The third kappa shape index (κ3) is 4.48. The van der Waals surface area contributed by atoms with Crippen LogP contribution in [0.25, 0.3) is 5.82 Å². The lowest BCUT2D eigenvalue weighted by molar-refractivity contribution is -0.137. The van der Waals surface area contributed by atoms with E-state index in [1.807, 2.05) is 6.92 Å². The Hall–Kier alpha value is -3.37. The molecule has 0 saturated carbocycles. The Balaban J connectivity index is 1.75. The molecule has 0 aromatic carbocycles. The van der Waals surface area contributed by atoms with Gasteiger partial charge in [-0.2, -0.15) is 28.1 Å². The number of halogens is 3. The average Bonchev–Trinajstić information content (AvgIpc) is 3.21. The van der Waals surface area contributed by atoms with Gasteiger partial charge in [-0.05, 0) is 25.5 Å². The monoisotopic (exact) mass is 393 g/mol. The number of rotatable bonds is 5. The summed E-state index contributed by atoms with van der Waals surface area (Å²) in [7, 11) is 0. The predicted octanol–water partition coefficient (Wildman–Crippen LogP) is 3.91. The number of aryl methyl sites for hydroxylation is 2. The zero-order chi connectivity index (χ0) is 20.3. The summed E-state index contributed by atoms with van der Waals surface area (Å²) in [5.74, 6) is 0.754. The van der Waals surface area contributed by atoms with Crippen LogP contribution in [0.3, 0.4) is 0 Å². The van der Waals surface area contributed by atoms with Gasteiger partial charge in [0.15, 0.2) is 11.6 Å². The Morgan fingerprint density at radius 1 is 1.25 bits per heavy atom. The highest BCUT2D eigenvalue weighted by atomic mass is 19.4. The summed E-state index contributed by atoms with van der Waals surface area (Å²) in [6.07, 6.45) is -2.02. The number of H-pyrrole nitrogens is 1. The van der Waals surface area contributed by atoms with E-state index >= 15 is 0 Å². The molecule has 0 radical (unpaired) electrons. The second kappa shape index (κ2) is 7.71. The van der Waals surface area contributed by atoms with Crippen LogP contribution in [0.5, 0.6) is 0 Å². The SMILES string of the molecule is CCCc1cc(NC(=O)Nc2cc(C)nn2-c2ccc(C(F)(F)F)cn2)n[nH]1. The van der Waals surface area contributed by atoms with Crippen LogP contribution in [0.1, 0.15) is 30.3 Å². The maximum Gasteiger partial charge on any atom is 0.417 e. The van der Waals surface area contributed by atoms with Crippen molar-refractivity contribution in [2.45, 2.75) is 32.9 Å². The first kappa shape index (κ1) is 19.4. The number of carbonyl (C=O) groups is 1. The van der Waals surface area contributed by atoms with Crippen LogP contribution in [0.2, 0.25) is 0 Å². The van der Waals surface area contributed by atoms with Gasteiger partial charge in [-0.1, -0.05) is 13.3 Å². The standard InChI is InChI=1S/C17H18F3N7O/c1-3-4-12-8-13(25-24-12)22-16(28)23-15-7-10(2)26-27(15)14-6-5-11(9-21-14)17(18,19)20/h5-9H,3-4H2,1-2H3,(H3,22,23,24,25,28). The third-order valence-corrected chi connectivity index (χ3v) is 3.76. The fourth-order valence-electron chi connectivity index (χ4n) is 2.53. The normalized spacial score (nSPS) is 11.5. The number of alkyl halides is 3. The second-order valence-corrected chi connectivity index (χ2v) is 6.09. The lowest BCUT2D eigenvalue weighted by atomic mass is 10.2. The summed E-state index contributed by atoms with van der Waals surface area (Å²) in [6.45, 7) is 3.72. The number of aromatic amines is 1. The van der Waals surface area contributed by atoms with Crippen LogP contribution in [0, 0.1) is 6.92 Å². The maximum absolute atomic E-state index is 12.7. The van der Waals surface area contributed by atoms with Crippen LogP contribution in [0.15, 0.2) is 30.5 Å². The Morgan fingerprint density at radius 2 is 2.04 bits per heavy atom. The fourth-order valence-corrected chi connectivity index (χ4v) is 2.53.